The molecule has 2 aromatic rings. The summed E-state index contributed by atoms with van der Waals surface area (Å²) in [5.41, 5.74) is 9.56. The van der Waals surface area contributed by atoms with Gasteiger partial charge in [-0.3, -0.25) is 0 Å². The minimum Gasteiger partial charge on any atom is -0.493 e. The van der Waals surface area contributed by atoms with Gasteiger partial charge in [0.15, 0.2) is 0 Å². The monoisotopic (exact) mass is 269 g/mol. The van der Waals surface area contributed by atoms with E-state index in [4.69, 9.17) is 10.5 Å². The molecule has 20 heavy (non-hydrogen) atoms. The molecule has 0 saturated heterocycles. The second-order valence-corrected chi connectivity index (χ2v) is 4.99. The Kier molecular flexibility index (Phi) is 5.63. The van der Waals surface area contributed by atoms with Crippen LogP contribution in [0, 0.1) is 0 Å². The summed E-state index contributed by atoms with van der Waals surface area (Å²) < 4.78 is 5.79. The average Bonchev–Trinajstić information content (AvgIpc) is 2.48. The van der Waals surface area contributed by atoms with E-state index < -0.39 is 0 Å². The Bertz CT molecular complexity index is 522. The molecule has 2 aromatic carbocycles. The molecule has 0 aliphatic rings. The molecule has 0 fully saturated rings. The summed E-state index contributed by atoms with van der Waals surface area (Å²) in [5.74, 6) is 0.981. The van der Waals surface area contributed by atoms with Crippen LogP contribution in [-0.4, -0.2) is 13.2 Å². The van der Waals surface area contributed by atoms with Gasteiger partial charge in [-0.25, -0.2) is 0 Å². The number of hydrogen-bond acceptors (Lipinski definition) is 2. The maximum atomic E-state index is 5.79. The van der Waals surface area contributed by atoms with Crippen LogP contribution in [-0.2, 0) is 12.8 Å². The largest absolute Gasteiger partial charge is 0.493 e. The lowest BCUT2D eigenvalue weighted by atomic mass is 10.0. The van der Waals surface area contributed by atoms with Crippen molar-refractivity contribution in [1.82, 2.24) is 0 Å². The molecule has 2 N–H and O–H groups in total. The summed E-state index contributed by atoms with van der Waals surface area (Å²) in [5, 5.41) is 0. The van der Waals surface area contributed by atoms with E-state index in [0.717, 1.165) is 31.6 Å². The van der Waals surface area contributed by atoms with Crippen LogP contribution in [0.2, 0.25) is 0 Å². The molecule has 0 radical (unpaired) electrons. The minimum atomic E-state index is 0.650. The van der Waals surface area contributed by atoms with E-state index in [0.29, 0.717) is 6.54 Å². The van der Waals surface area contributed by atoms with Crippen LogP contribution in [0.1, 0.15) is 30.0 Å². The van der Waals surface area contributed by atoms with Crippen LogP contribution in [0.3, 0.4) is 0 Å². The van der Waals surface area contributed by atoms with Crippen LogP contribution < -0.4 is 10.5 Å². The van der Waals surface area contributed by atoms with E-state index in [1.54, 1.807) is 0 Å². The molecule has 0 saturated carbocycles. The number of nitrogens with two attached hydrogens (primary N) is 1. The molecular formula is C18H23NO. The highest BCUT2D eigenvalue weighted by atomic mass is 16.5. The number of benzene rings is 2. The summed E-state index contributed by atoms with van der Waals surface area (Å²) in [6.07, 6.45) is 2.84. The Morgan fingerprint density at radius 1 is 1.00 bits per heavy atom. The average molecular weight is 269 g/mol. The van der Waals surface area contributed by atoms with E-state index in [9.17, 15) is 0 Å². The smallest absolute Gasteiger partial charge is 0.122 e. The van der Waals surface area contributed by atoms with Gasteiger partial charge < -0.3 is 10.5 Å². The summed E-state index contributed by atoms with van der Waals surface area (Å²) in [6.45, 7) is 3.53. The highest BCUT2D eigenvalue weighted by Crippen LogP contribution is 2.22. The van der Waals surface area contributed by atoms with Crippen molar-refractivity contribution in [3.8, 4) is 5.75 Å². The van der Waals surface area contributed by atoms with E-state index >= 15 is 0 Å². The maximum Gasteiger partial charge on any atom is 0.122 e. The normalized spacial score (nSPS) is 10.5. The van der Waals surface area contributed by atoms with E-state index in [1.807, 2.05) is 6.07 Å². The molecule has 0 bridgehead atoms. The Balaban J connectivity index is 2.16. The Hall–Kier alpha value is -1.80. The third kappa shape index (κ3) is 4.10. The van der Waals surface area contributed by atoms with Crippen LogP contribution in [0.25, 0.3) is 0 Å². The lowest BCUT2D eigenvalue weighted by Gasteiger charge is -2.12. The van der Waals surface area contributed by atoms with Crippen LogP contribution in [0.5, 0.6) is 5.75 Å². The Morgan fingerprint density at radius 3 is 2.50 bits per heavy atom. The molecule has 0 heterocycles. The highest BCUT2D eigenvalue weighted by molar-refractivity contribution is 5.39. The summed E-state index contributed by atoms with van der Waals surface area (Å²) in [6, 6.07) is 17.0. The first kappa shape index (κ1) is 14.6. The molecule has 0 amide bonds. The maximum absolute atomic E-state index is 5.79. The Labute approximate surface area is 121 Å². The van der Waals surface area contributed by atoms with Crippen LogP contribution in [0.15, 0.2) is 48.5 Å². The van der Waals surface area contributed by atoms with Crippen molar-refractivity contribution in [3.63, 3.8) is 0 Å². The first-order valence-corrected chi connectivity index (χ1v) is 7.32. The molecule has 0 aliphatic carbocycles. The quantitative estimate of drug-likeness (QED) is 0.834. The minimum absolute atomic E-state index is 0.650. The SMILES string of the molecule is CCCOc1ccc(Cc2ccccc2)cc1CCN. The van der Waals surface area contributed by atoms with Gasteiger partial charge in [-0.05, 0) is 48.6 Å². The number of rotatable bonds is 7. The first-order valence-electron chi connectivity index (χ1n) is 7.32. The van der Waals surface area contributed by atoms with Gasteiger partial charge in [-0.15, -0.1) is 0 Å². The van der Waals surface area contributed by atoms with Crippen LogP contribution in [0.4, 0.5) is 0 Å². The number of ether oxygens (including phenoxy) is 1. The first-order chi connectivity index (χ1) is 9.83. The third-order valence-corrected chi connectivity index (χ3v) is 3.25. The highest BCUT2D eigenvalue weighted by Gasteiger charge is 2.05. The summed E-state index contributed by atoms with van der Waals surface area (Å²) in [4.78, 5) is 0. The Morgan fingerprint density at radius 2 is 1.80 bits per heavy atom. The second kappa shape index (κ2) is 7.71. The lowest BCUT2D eigenvalue weighted by molar-refractivity contribution is 0.314. The molecule has 106 valence electrons. The molecule has 0 aromatic heterocycles. The van der Waals surface area contributed by atoms with Crippen molar-refractivity contribution in [1.29, 1.82) is 0 Å². The molecular weight excluding hydrogens is 246 g/mol. The fourth-order valence-electron chi connectivity index (χ4n) is 2.28. The standard InChI is InChI=1S/C18H23NO/c1-2-12-20-18-9-8-16(14-17(18)10-11-19)13-15-6-4-3-5-7-15/h3-9,14H,2,10-13,19H2,1H3. The van der Waals surface area contributed by atoms with Crippen LogP contribution >= 0.6 is 0 Å². The summed E-state index contributed by atoms with van der Waals surface area (Å²) >= 11 is 0. The van der Waals surface area contributed by atoms with Gasteiger partial charge in [0.25, 0.3) is 0 Å². The topological polar surface area (TPSA) is 35.2 Å². The van der Waals surface area contributed by atoms with Gasteiger partial charge in [0, 0.05) is 0 Å². The molecule has 0 unspecified atom stereocenters. The van der Waals surface area contributed by atoms with E-state index in [2.05, 4.69) is 49.4 Å². The molecule has 0 aliphatic heterocycles. The van der Waals surface area contributed by atoms with Gasteiger partial charge in [-0.1, -0.05) is 49.4 Å². The second-order valence-electron chi connectivity index (χ2n) is 4.99. The lowest BCUT2D eigenvalue weighted by Crippen LogP contribution is -2.06. The van der Waals surface area contributed by atoms with Gasteiger partial charge >= 0.3 is 0 Å². The van der Waals surface area contributed by atoms with Gasteiger partial charge in [0.1, 0.15) is 5.75 Å². The fourth-order valence-corrected chi connectivity index (χ4v) is 2.28. The van der Waals surface area contributed by atoms with Gasteiger partial charge in [-0.2, -0.15) is 0 Å². The third-order valence-electron chi connectivity index (χ3n) is 3.25. The zero-order chi connectivity index (χ0) is 14.2. The zero-order valence-electron chi connectivity index (χ0n) is 12.1. The number of hydrogen-bond donors (Lipinski definition) is 1. The van der Waals surface area contributed by atoms with Crippen molar-refractivity contribution >= 4 is 0 Å². The van der Waals surface area contributed by atoms with E-state index in [-0.39, 0.29) is 0 Å². The zero-order valence-corrected chi connectivity index (χ0v) is 12.1. The van der Waals surface area contributed by atoms with Crippen molar-refractivity contribution in [2.75, 3.05) is 13.2 Å². The fraction of sp³-hybridized carbons (Fsp3) is 0.333. The van der Waals surface area contributed by atoms with Gasteiger partial charge in [0.05, 0.1) is 6.61 Å². The molecule has 2 rings (SSSR count). The van der Waals surface area contributed by atoms with Crippen molar-refractivity contribution in [2.24, 2.45) is 5.73 Å². The molecule has 0 spiro atoms. The van der Waals surface area contributed by atoms with Gasteiger partial charge in [0.2, 0.25) is 0 Å². The summed E-state index contributed by atoms with van der Waals surface area (Å²) in [7, 11) is 0. The van der Waals surface area contributed by atoms with E-state index in [1.165, 1.54) is 16.7 Å². The van der Waals surface area contributed by atoms with Crippen molar-refractivity contribution in [3.05, 3.63) is 65.2 Å². The molecule has 2 heteroatoms. The predicted molar refractivity (Wildman–Crippen MR) is 84.2 cm³/mol. The molecule has 2 nitrogen and oxygen atoms in total. The van der Waals surface area contributed by atoms with Crippen molar-refractivity contribution in [2.45, 2.75) is 26.2 Å². The molecule has 0 atom stereocenters. The predicted octanol–water partition coefficient (Wildman–Crippen LogP) is 3.57. The van der Waals surface area contributed by atoms with Crippen molar-refractivity contribution < 1.29 is 4.74 Å².